The summed E-state index contributed by atoms with van der Waals surface area (Å²) in [6.45, 7) is 2.76. The molecule has 0 N–H and O–H groups in total. The molecule has 0 atom stereocenters. The van der Waals surface area contributed by atoms with Crippen LogP contribution in [0, 0.1) is 41.1 Å². The maximum absolute atomic E-state index is 13.2. The first-order chi connectivity index (χ1) is 12.1. The topological polar surface area (TPSA) is 9.23 Å². The first-order valence-electron chi connectivity index (χ1n) is 9.84. The van der Waals surface area contributed by atoms with Gasteiger partial charge < -0.3 is 4.74 Å². The van der Waals surface area contributed by atoms with Crippen LogP contribution in [0.4, 0.5) is 13.2 Å². The van der Waals surface area contributed by atoms with E-state index in [0.29, 0.717) is 12.5 Å². The first kappa shape index (κ1) is 18.6. The zero-order valence-corrected chi connectivity index (χ0v) is 15.1. The Kier molecular flexibility index (Phi) is 6.29. The minimum atomic E-state index is -1.44. The van der Waals surface area contributed by atoms with E-state index in [4.69, 9.17) is 4.74 Å². The van der Waals surface area contributed by atoms with Crippen LogP contribution in [-0.2, 0) is 0 Å². The van der Waals surface area contributed by atoms with Gasteiger partial charge in [-0.2, -0.15) is 0 Å². The lowest BCUT2D eigenvalue weighted by Crippen LogP contribution is -2.27. The molecule has 0 spiro atoms. The fraction of sp³-hybridized carbons (Fsp3) is 0.714. The van der Waals surface area contributed by atoms with E-state index >= 15 is 0 Å². The van der Waals surface area contributed by atoms with Crippen LogP contribution in [0.1, 0.15) is 64.7 Å². The van der Waals surface area contributed by atoms with Crippen molar-refractivity contribution in [3.63, 3.8) is 0 Å². The van der Waals surface area contributed by atoms with Gasteiger partial charge in [-0.3, -0.25) is 0 Å². The number of hydrogen-bond donors (Lipinski definition) is 0. The SMILES string of the molecule is CC[C@H]1CC[C@H](C2CCC(COc3cc(F)c(F)c(F)c3)CC2)CC1. The highest BCUT2D eigenvalue weighted by Crippen LogP contribution is 2.42. The van der Waals surface area contributed by atoms with Gasteiger partial charge in [0.05, 0.1) is 6.61 Å². The summed E-state index contributed by atoms with van der Waals surface area (Å²) in [5.41, 5.74) is 0. The zero-order valence-electron chi connectivity index (χ0n) is 15.1. The van der Waals surface area contributed by atoms with Crippen LogP contribution < -0.4 is 4.74 Å². The Labute approximate surface area is 149 Å². The highest BCUT2D eigenvalue weighted by atomic mass is 19.2. The molecule has 0 aliphatic heterocycles. The Morgan fingerprint density at radius 2 is 1.28 bits per heavy atom. The van der Waals surface area contributed by atoms with Crippen molar-refractivity contribution in [2.75, 3.05) is 6.61 Å². The molecule has 1 aromatic carbocycles. The molecule has 0 heterocycles. The van der Waals surface area contributed by atoms with Gasteiger partial charge >= 0.3 is 0 Å². The van der Waals surface area contributed by atoms with Gasteiger partial charge in [-0.25, -0.2) is 13.2 Å². The summed E-state index contributed by atoms with van der Waals surface area (Å²) in [6.07, 6.45) is 11.6. The fourth-order valence-electron chi connectivity index (χ4n) is 4.72. The largest absolute Gasteiger partial charge is 0.493 e. The standard InChI is InChI=1S/C21H29F3O/c1-2-14-3-7-16(8-4-14)17-9-5-15(6-10-17)13-25-18-11-19(22)21(24)20(23)12-18/h11-12,14-17H,2-10,13H2,1H3/t14-,15?,16-,17?. The highest BCUT2D eigenvalue weighted by Gasteiger charge is 2.30. The second-order valence-corrected chi connectivity index (χ2v) is 7.98. The third kappa shape index (κ3) is 4.71. The summed E-state index contributed by atoms with van der Waals surface area (Å²) in [7, 11) is 0. The molecule has 2 aliphatic carbocycles. The third-order valence-corrected chi connectivity index (χ3v) is 6.47. The van der Waals surface area contributed by atoms with Crippen LogP contribution in [0.2, 0.25) is 0 Å². The fourth-order valence-corrected chi connectivity index (χ4v) is 4.72. The Bertz CT molecular complexity index is 535. The second kappa shape index (κ2) is 8.46. The normalized spacial score (nSPS) is 30.2. The lowest BCUT2D eigenvalue weighted by Gasteiger charge is -2.37. The number of ether oxygens (including phenoxy) is 1. The molecule has 0 radical (unpaired) electrons. The number of halogens is 3. The van der Waals surface area contributed by atoms with Gasteiger partial charge in [0.25, 0.3) is 0 Å². The van der Waals surface area contributed by atoms with Crippen molar-refractivity contribution in [1.82, 2.24) is 0 Å². The van der Waals surface area contributed by atoms with Crippen molar-refractivity contribution in [3.8, 4) is 5.75 Å². The lowest BCUT2D eigenvalue weighted by atomic mass is 9.69. The Morgan fingerprint density at radius 1 is 0.800 bits per heavy atom. The Morgan fingerprint density at radius 3 is 1.76 bits per heavy atom. The number of hydrogen-bond acceptors (Lipinski definition) is 1. The van der Waals surface area contributed by atoms with E-state index in [-0.39, 0.29) is 5.75 Å². The maximum atomic E-state index is 13.2. The summed E-state index contributed by atoms with van der Waals surface area (Å²) >= 11 is 0. The van der Waals surface area contributed by atoms with Crippen LogP contribution in [0.15, 0.2) is 12.1 Å². The van der Waals surface area contributed by atoms with Crippen LogP contribution in [0.5, 0.6) is 5.75 Å². The van der Waals surface area contributed by atoms with Gasteiger partial charge in [-0.1, -0.05) is 26.2 Å². The smallest absolute Gasteiger partial charge is 0.194 e. The van der Waals surface area contributed by atoms with Crippen LogP contribution in [0.3, 0.4) is 0 Å². The van der Waals surface area contributed by atoms with E-state index < -0.39 is 17.5 Å². The van der Waals surface area contributed by atoms with E-state index in [1.165, 1.54) is 44.9 Å². The average Bonchev–Trinajstić information content (AvgIpc) is 2.65. The van der Waals surface area contributed by atoms with Crippen molar-refractivity contribution in [1.29, 1.82) is 0 Å². The molecule has 0 amide bonds. The van der Waals surface area contributed by atoms with E-state index in [9.17, 15) is 13.2 Å². The monoisotopic (exact) mass is 354 g/mol. The first-order valence-corrected chi connectivity index (χ1v) is 9.84. The number of benzene rings is 1. The quantitative estimate of drug-likeness (QED) is 0.548. The van der Waals surface area contributed by atoms with E-state index in [1.54, 1.807) is 0 Å². The predicted molar refractivity (Wildman–Crippen MR) is 93.0 cm³/mol. The zero-order chi connectivity index (χ0) is 17.8. The average molecular weight is 354 g/mol. The lowest BCUT2D eigenvalue weighted by molar-refractivity contribution is 0.122. The molecule has 0 bridgehead atoms. The summed E-state index contributed by atoms with van der Waals surface area (Å²) in [4.78, 5) is 0. The molecular formula is C21H29F3O. The van der Waals surface area contributed by atoms with Crippen molar-refractivity contribution in [2.24, 2.45) is 23.7 Å². The van der Waals surface area contributed by atoms with Gasteiger partial charge in [0, 0.05) is 12.1 Å². The molecule has 2 aliphatic rings. The van der Waals surface area contributed by atoms with E-state index in [0.717, 1.165) is 42.7 Å². The van der Waals surface area contributed by atoms with Crippen molar-refractivity contribution in [2.45, 2.75) is 64.7 Å². The van der Waals surface area contributed by atoms with Gasteiger partial charge in [-0.05, 0) is 62.2 Å². The van der Waals surface area contributed by atoms with Crippen LogP contribution in [0.25, 0.3) is 0 Å². The molecule has 2 saturated carbocycles. The Hall–Kier alpha value is -1.19. The van der Waals surface area contributed by atoms with E-state index in [2.05, 4.69) is 6.92 Å². The summed E-state index contributed by atoms with van der Waals surface area (Å²) < 4.78 is 44.9. The predicted octanol–water partition coefficient (Wildman–Crippen LogP) is 6.51. The minimum Gasteiger partial charge on any atom is -0.493 e. The molecule has 140 valence electrons. The van der Waals surface area contributed by atoms with Gasteiger partial charge in [0.15, 0.2) is 17.5 Å². The molecule has 0 unspecified atom stereocenters. The number of rotatable bonds is 5. The molecule has 0 saturated heterocycles. The molecular weight excluding hydrogens is 325 g/mol. The molecule has 3 rings (SSSR count). The molecule has 4 heteroatoms. The van der Waals surface area contributed by atoms with Gasteiger partial charge in [-0.15, -0.1) is 0 Å². The Balaban J connectivity index is 1.42. The third-order valence-electron chi connectivity index (χ3n) is 6.47. The molecule has 1 aromatic rings. The van der Waals surface area contributed by atoms with E-state index in [1.807, 2.05) is 0 Å². The molecule has 0 aromatic heterocycles. The molecule has 25 heavy (non-hydrogen) atoms. The van der Waals surface area contributed by atoms with Gasteiger partial charge in [0.2, 0.25) is 0 Å². The summed E-state index contributed by atoms with van der Waals surface area (Å²) in [6, 6.07) is 1.85. The summed E-state index contributed by atoms with van der Waals surface area (Å²) in [5.74, 6) is -0.638. The second-order valence-electron chi connectivity index (χ2n) is 7.98. The maximum Gasteiger partial charge on any atom is 0.194 e. The summed E-state index contributed by atoms with van der Waals surface area (Å²) in [5, 5.41) is 0. The van der Waals surface area contributed by atoms with Gasteiger partial charge in [0.1, 0.15) is 5.75 Å². The van der Waals surface area contributed by atoms with Crippen LogP contribution >= 0.6 is 0 Å². The molecule has 1 nitrogen and oxygen atoms in total. The highest BCUT2D eigenvalue weighted by molar-refractivity contribution is 5.25. The molecule has 2 fully saturated rings. The van der Waals surface area contributed by atoms with Crippen molar-refractivity contribution >= 4 is 0 Å². The van der Waals surface area contributed by atoms with Crippen molar-refractivity contribution in [3.05, 3.63) is 29.6 Å². The van der Waals surface area contributed by atoms with Crippen molar-refractivity contribution < 1.29 is 17.9 Å². The van der Waals surface area contributed by atoms with Crippen LogP contribution in [-0.4, -0.2) is 6.61 Å². The minimum absolute atomic E-state index is 0.0800.